The first-order chi connectivity index (χ1) is 10.9. The number of benzene rings is 1. The van der Waals surface area contributed by atoms with Gasteiger partial charge in [0.1, 0.15) is 0 Å². The van der Waals surface area contributed by atoms with Gasteiger partial charge in [-0.2, -0.15) is 5.26 Å². The fourth-order valence-electron chi connectivity index (χ4n) is 3.02. The second-order valence-electron chi connectivity index (χ2n) is 6.36. The SMILES string of the molecule is Cc1ccc(-c2c(C)sc3nc(C(C)C)c(CC#N)n23)cc1C. The van der Waals surface area contributed by atoms with E-state index in [9.17, 15) is 5.26 Å². The molecule has 2 aromatic heterocycles. The molecule has 0 aliphatic carbocycles. The molecule has 3 aromatic rings. The summed E-state index contributed by atoms with van der Waals surface area (Å²) in [6.07, 6.45) is 0.392. The number of aryl methyl sites for hydroxylation is 3. The van der Waals surface area contributed by atoms with E-state index in [2.05, 4.69) is 63.3 Å². The van der Waals surface area contributed by atoms with Gasteiger partial charge in [0.2, 0.25) is 0 Å². The number of hydrogen-bond donors (Lipinski definition) is 0. The van der Waals surface area contributed by atoms with Crippen LogP contribution in [0.3, 0.4) is 0 Å². The lowest BCUT2D eigenvalue weighted by molar-refractivity contribution is 0.814. The minimum atomic E-state index is 0.318. The Morgan fingerprint density at radius 1 is 1.22 bits per heavy atom. The lowest BCUT2D eigenvalue weighted by Gasteiger charge is -2.09. The Hall–Kier alpha value is -2.12. The van der Waals surface area contributed by atoms with E-state index in [1.54, 1.807) is 11.3 Å². The predicted molar refractivity (Wildman–Crippen MR) is 96.1 cm³/mol. The average Bonchev–Trinajstić information content (AvgIpc) is 2.98. The van der Waals surface area contributed by atoms with Crippen LogP contribution in [0.4, 0.5) is 0 Å². The second-order valence-corrected chi connectivity index (χ2v) is 7.54. The third kappa shape index (κ3) is 2.55. The first-order valence-electron chi connectivity index (χ1n) is 7.89. The Bertz CT molecular complexity index is 922. The van der Waals surface area contributed by atoms with E-state index in [1.807, 2.05) is 0 Å². The lowest BCUT2D eigenvalue weighted by atomic mass is 10.0. The Labute approximate surface area is 141 Å². The summed E-state index contributed by atoms with van der Waals surface area (Å²) in [6, 6.07) is 8.87. The molecule has 0 atom stereocenters. The summed E-state index contributed by atoms with van der Waals surface area (Å²) < 4.78 is 2.20. The highest BCUT2D eigenvalue weighted by molar-refractivity contribution is 7.17. The Morgan fingerprint density at radius 2 is 1.96 bits per heavy atom. The second kappa shape index (κ2) is 5.82. The van der Waals surface area contributed by atoms with E-state index in [1.165, 1.54) is 27.3 Å². The lowest BCUT2D eigenvalue weighted by Crippen LogP contribution is -2.00. The zero-order valence-electron chi connectivity index (χ0n) is 14.3. The number of imidazole rings is 1. The van der Waals surface area contributed by atoms with Crippen molar-refractivity contribution in [3.05, 3.63) is 45.6 Å². The van der Waals surface area contributed by atoms with Crippen LogP contribution in [0.2, 0.25) is 0 Å². The van der Waals surface area contributed by atoms with Gasteiger partial charge in [0.25, 0.3) is 0 Å². The van der Waals surface area contributed by atoms with Gasteiger partial charge in [0.15, 0.2) is 4.96 Å². The third-order valence-corrected chi connectivity index (χ3v) is 5.30. The van der Waals surface area contributed by atoms with Crippen LogP contribution in [0.25, 0.3) is 16.2 Å². The van der Waals surface area contributed by atoms with Crippen molar-refractivity contribution in [2.24, 2.45) is 0 Å². The first kappa shape index (κ1) is 15.8. The number of thiazole rings is 1. The molecule has 0 amide bonds. The molecule has 0 N–H and O–H groups in total. The Kier molecular flexibility index (Phi) is 3.99. The monoisotopic (exact) mass is 323 g/mol. The van der Waals surface area contributed by atoms with Crippen LogP contribution in [-0.2, 0) is 6.42 Å². The van der Waals surface area contributed by atoms with Crippen molar-refractivity contribution in [3.8, 4) is 17.3 Å². The molecule has 3 nitrogen and oxygen atoms in total. The van der Waals surface area contributed by atoms with Gasteiger partial charge in [-0.15, -0.1) is 11.3 Å². The Morgan fingerprint density at radius 3 is 2.57 bits per heavy atom. The molecule has 1 aromatic carbocycles. The zero-order valence-corrected chi connectivity index (χ0v) is 15.1. The summed E-state index contributed by atoms with van der Waals surface area (Å²) in [5.41, 5.74) is 7.04. The third-order valence-electron chi connectivity index (χ3n) is 4.35. The van der Waals surface area contributed by atoms with E-state index < -0.39 is 0 Å². The highest BCUT2D eigenvalue weighted by atomic mass is 32.1. The standard InChI is InChI=1S/C19H21N3S/c1-11(2)17-16(8-9-20)22-18(14(5)23-19(22)21-17)15-7-6-12(3)13(4)10-15/h6-7,10-11H,8H2,1-5H3. The molecule has 0 unspecified atom stereocenters. The van der Waals surface area contributed by atoms with Gasteiger partial charge in [-0.1, -0.05) is 26.0 Å². The van der Waals surface area contributed by atoms with Gasteiger partial charge >= 0.3 is 0 Å². The number of nitrogens with zero attached hydrogens (tertiary/aromatic N) is 3. The quantitative estimate of drug-likeness (QED) is 0.666. The molecule has 0 aliphatic heterocycles. The summed E-state index contributed by atoms with van der Waals surface area (Å²) in [5.74, 6) is 0.318. The van der Waals surface area contributed by atoms with Gasteiger partial charge in [-0.3, -0.25) is 4.40 Å². The summed E-state index contributed by atoms with van der Waals surface area (Å²) >= 11 is 1.70. The van der Waals surface area contributed by atoms with Gasteiger partial charge in [0.05, 0.1) is 29.6 Å². The van der Waals surface area contributed by atoms with Gasteiger partial charge in [-0.05, 0) is 49.4 Å². The summed E-state index contributed by atoms with van der Waals surface area (Å²) in [7, 11) is 0. The van der Waals surface area contributed by atoms with E-state index in [0.29, 0.717) is 12.3 Å². The van der Waals surface area contributed by atoms with Crippen LogP contribution < -0.4 is 0 Å². The zero-order chi connectivity index (χ0) is 16.7. The van der Waals surface area contributed by atoms with Crippen LogP contribution in [0, 0.1) is 32.1 Å². The van der Waals surface area contributed by atoms with Crippen molar-refractivity contribution in [1.29, 1.82) is 5.26 Å². The molecule has 0 radical (unpaired) electrons. The van der Waals surface area contributed by atoms with Crippen LogP contribution in [-0.4, -0.2) is 9.38 Å². The van der Waals surface area contributed by atoms with Crippen molar-refractivity contribution in [1.82, 2.24) is 9.38 Å². The average molecular weight is 323 g/mol. The summed E-state index contributed by atoms with van der Waals surface area (Å²) in [5, 5.41) is 9.26. The van der Waals surface area contributed by atoms with Crippen LogP contribution in [0.1, 0.15) is 47.2 Å². The number of nitriles is 1. The molecular weight excluding hydrogens is 302 g/mol. The van der Waals surface area contributed by atoms with Crippen molar-refractivity contribution in [2.75, 3.05) is 0 Å². The first-order valence-corrected chi connectivity index (χ1v) is 8.70. The van der Waals surface area contributed by atoms with E-state index in [0.717, 1.165) is 16.3 Å². The van der Waals surface area contributed by atoms with E-state index >= 15 is 0 Å². The molecule has 0 bridgehead atoms. The van der Waals surface area contributed by atoms with Crippen molar-refractivity contribution >= 4 is 16.3 Å². The fourth-order valence-corrected chi connectivity index (χ4v) is 4.03. The van der Waals surface area contributed by atoms with E-state index in [4.69, 9.17) is 4.98 Å². The highest BCUT2D eigenvalue weighted by Crippen LogP contribution is 2.35. The molecule has 0 saturated heterocycles. The Balaban J connectivity index is 2.33. The number of fused-ring (bicyclic) bond motifs is 1. The van der Waals surface area contributed by atoms with Crippen LogP contribution in [0.5, 0.6) is 0 Å². The number of aromatic nitrogens is 2. The number of hydrogen-bond acceptors (Lipinski definition) is 3. The van der Waals surface area contributed by atoms with Crippen molar-refractivity contribution < 1.29 is 0 Å². The van der Waals surface area contributed by atoms with Gasteiger partial charge < -0.3 is 0 Å². The topological polar surface area (TPSA) is 41.1 Å². The molecule has 0 spiro atoms. The molecule has 4 heteroatoms. The number of rotatable bonds is 3. The summed E-state index contributed by atoms with van der Waals surface area (Å²) in [4.78, 5) is 7.04. The minimum Gasteiger partial charge on any atom is -0.286 e. The van der Waals surface area contributed by atoms with Crippen molar-refractivity contribution in [2.45, 2.75) is 47.0 Å². The molecule has 0 fully saturated rings. The highest BCUT2D eigenvalue weighted by Gasteiger charge is 2.21. The fraction of sp³-hybridized carbons (Fsp3) is 0.368. The molecule has 3 rings (SSSR count). The van der Waals surface area contributed by atoms with Gasteiger partial charge in [0, 0.05) is 4.88 Å². The maximum atomic E-state index is 9.26. The van der Waals surface area contributed by atoms with Crippen LogP contribution in [0.15, 0.2) is 18.2 Å². The van der Waals surface area contributed by atoms with Crippen molar-refractivity contribution in [3.63, 3.8) is 0 Å². The van der Waals surface area contributed by atoms with Crippen LogP contribution >= 0.6 is 11.3 Å². The normalized spacial score (nSPS) is 11.3. The predicted octanol–water partition coefficient (Wildman–Crippen LogP) is 5.18. The largest absolute Gasteiger partial charge is 0.286 e. The summed E-state index contributed by atoms with van der Waals surface area (Å²) in [6.45, 7) is 10.7. The molecule has 118 valence electrons. The molecule has 0 saturated carbocycles. The molecular formula is C19H21N3S. The maximum absolute atomic E-state index is 9.26. The molecule has 0 aliphatic rings. The maximum Gasteiger partial charge on any atom is 0.194 e. The molecule has 2 heterocycles. The smallest absolute Gasteiger partial charge is 0.194 e. The minimum absolute atomic E-state index is 0.318. The molecule has 23 heavy (non-hydrogen) atoms. The van der Waals surface area contributed by atoms with E-state index in [-0.39, 0.29) is 0 Å². The van der Waals surface area contributed by atoms with Gasteiger partial charge in [-0.25, -0.2) is 4.98 Å².